The number of hydrogen-bond donors (Lipinski definition) is 1. The van der Waals surface area contributed by atoms with Gasteiger partial charge >= 0.3 is 0 Å². The molecule has 0 aliphatic rings. The highest BCUT2D eigenvalue weighted by atomic mass is 79.9. The Morgan fingerprint density at radius 3 is 2.76 bits per heavy atom. The molecule has 1 heterocycles. The standard InChI is InChI=1S/C14H17BrN2/c1-10(9-15)11(2)17-14-13-6-4-3-5-12(13)7-8-16-14/h3-8,10-11H,9H2,1-2H3,(H,16,17). The zero-order valence-electron chi connectivity index (χ0n) is 10.2. The van der Waals surface area contributed by atoms with E-state index in [1.165, 1.54) is 10.8 Å². The van der Waals surface area contributed by atoms with E-state index in [4.69, 9.17) is 0 Å². The van der Waals surface area contributed by atoms with Crippen molar-refractivity contribution in [2.24, 2.45) is 5.92 Å². The molecule has 0 radical (unpaired) electrons. The Morgan fingerprint density at radius 1 is 1.24 bits per heavy atom. The number of aromatic nitrogens is 1. The number of rotatable bonds is 4. The number of fused-ring (bicyclic) bond motifs is 1. The van der Waals surface area contributed by atoms with Gasteiger partial charge in [-0.15, -0.1) is 0 Å². The van der Waals surface area contributed by atoms with E-state index in [-0.39, 0.29) is 0 Å². The lowest BCUT2D eigenvalue weighted by molar-refractivity contribution is 0.571. The fourth-order valence-corrected chi connectivity index (χ4v) is 2.29. The molecule has 3 heteroatoms. The number of pyridine rings is 1. The summed E-state index contributed by atoms with van der Waals surface area (Å²) in [5, 5.41) is 6.90. The fraction of sp³-hybridized carbons (Fsp3) is 0.357. The third-order valence-electron chi connectivity index (χ3n) is 3.13. The molecule has 2 nitrogen and oxygen atoms in total. The van der Waals surface area contributed by atoms with E-state index >= 15 is 0 Å². The molecule has 1 aromatic heterocycles. The van der Waals surface area contributed by atoms with Crippen LogP contribution in [0.25, 0.3) is 10.8 Å². The van der Waals surface area contributed by atoms with Crippen LogP contribution in [-0.4, -0.2) is 16.4 Å². The van der Waals surface area contributed by atoms with Crippen LogP contribution < -0.4 is 5.32 Å². The maximum Gasteiger partial charge on any atom is 0.134 e. The molecule has 0 spiro atoms. The lowest BCUT2D eigenvalue weighted by Gasteiger charge is -2.20. The Hall–Kier alpha value is -1.09. The molecule has 2 rings (SSSR count). The smallest absolute Gasteiger partial charge is 0.134 e. The van der Waals surface area contributed by atoms with Crippen molar-refractivity contribution in [1.82, 2.24) is 4.98 Å². The Labute approximate surface area is 111 Å². The Balaban J connectivity index is 2.30. The van der Waals surface area contributed by atoms with Crippen LogP contribution >= 0.6 is 15.9 Å². The number of hydrogen-bond acceptors (Lipinski definition) is 2. The molecule has 17 heavy (non-hydrogen) atoms. The lowest BCUT2D eigenvalue weighted by Crippen LogP contribution is -2.25. The summed E-state index contributed by atoms with van der Waals surface area (Å²) < 4.78 is 0. The number of anilines is 1. The largest absolute Gasteiger partial charge is 0.367 e. The second-order valence-electron chi connectivity index (χ2n) is 4.45. The zero-order chi connectivity index (χ0) is 12.3. The first-order valence-corrected chi connectivity index (χ1v) is 7.00. The molecule has 0 saturated carbocycles. The number of halogens is 1. The van der Waals surface area contributed by atoms with E-state index in [9.17, 15) is 0 Å². The number of nitrogens with one attached hydrogen (secondary N) is 1. The van der Waals surface area contributed by atoms with Gasteiger partial charge in [0.2, 0.25) is 0 Å². The first-order valence-electron chi connectivity index (χ1n) is 5.88. The quantitative estimate of drug-likeness (QED) is 0.860. The minimum absolute atomic E-state index is 0.396. The van der Waals surface area contributed by atoms with Crippen molar-refractivity contribution >= 4 is 32.5 Å². The lowest BCUT2D eigenvalue weighted by atomic mass is 10.1. The average molecular weight is 293 g/mol. The van der Waals surface area contributed by atoms with Gasteiger partial charge in [0, 0.05) is 23.0 Å². The maximum atomic E-state index is 4.44. The average Bonchev–Trinajstić information content (AvgIpc) is 2.38. The van der Waals surface area contributed by atoms with Crippen LogP contribution in [0.1, 0.15) is 13.8 Å². The first-order chi connectivity index (χ1) is 8.22. The van der Waals surface area contributed by atoms with Gasteiger partial charge in [-0.2, -0.15) is 0 Å². The monoisotopic (exact) mass is 292 g/mol. The molecule has 0 aliphatic carbocycles. The van der Waals surface area contributed by atoms with Crippen LogP contribution in [0.15, 0.2) is 36.5 Å². The second-order valence-corrected chi connectivity index (χ2v) is 5.09. The predicted octanol–water partition coefficient (Wildman–Crippen LogP) is 4.07. The highest BCUT2D eigenvalue weighted by Gasteiger charge is 2.12. The van der Waals surface area contributed by atoms with E-state index in [1.54, 1.807) is 0 Å². The Kier molecular flexibility index (Phi) is 4.00. The maximum absolute atomic E-state index is 4.44. The van der Waals surface area contributed by atoms with Crippen molar-refractivity contribution in [2.45, 2.75) is 19.9 Å². The second kappa shape index (κ2) is 5.50. The van der Waals surface area contributed by atoms with Crippen LogP contribution in [0.2, 0.25) is 0 Å². The summed E-state index contributed by atoms with van der Waals surface area (Å²) in [4.78, 5) is 4.44. The molecule has 1 N–H and O–H groups in total. The number of benzene rings is 1. The Morgan fingerprint density at radius 2 is 2.00 bits per heavy atom. The van der Waals surface area contributed by atoms with E-state index in [1.807, 2.05) is 18.3 Å². The van der Waals surface area contributed by atoms with Crippen molar-refractivity contribution in [3.05, 3.63) is 36.5 Å². The highest BCUT2D eigenvalue weighted by Crippen LogP contribution is 2.22. The van der Waals surface area contributed by atoms with Crippen LogP contribution in [0.3, 0.4) is 0 Å². The third-order valence-corrected chi connectivity index (χ3v) is 4.16. The SMILES string of the molecule is CC(CBr)C(C)Nc1nccc2ccccc12. The van der Waals surface area contributed by atoms with Gasteiger partial charge in [0.05, 0.1) is 0 Å². The van der Waals surface area contributed by atoms with Gasteiger partial charge in [-0.05, 0) is 24.3 Å². The van der Waals surface area contributed by atoms with Crippen molar-refractivity contribution in [3.63, 3.8) is 0 Å². The van der Waals surface area contributed by atoms with Crippen LogP contribution in [-0.2, 0) is 0 Å². The Bertz CT molecular complexity index is 493. The molecule has 0 saturated heterocycles. The van der Waals surface area contributed by atoms with E-state index in [2.05, 4.69) is 58.3 Å². The summed E-state index contributed by atoms with van der Waals surface area (Å²) in [7, 11) is 0. The molecule has 2 atom stereocenters. The molecule has 2 aromatic rings. The van der Waals surface area contributed by atoms with Gasteiger partial charge in [0.15, 0.2) is 0 Å². The molecule has 0 bridgehead atoms. The molecular weight excluding hydrogens is 276 g/mol. The molecule has 1 aromatic carbocycles. The van der Waals surface area contributed by atoms with Crippen molar-refractivity contribution < 1.29 is 0 Å². The number of nitrogens with zero attached hydrogens (tertiary/aromatic N) is 1. The van der Waals surface area contributed by atoms with Crippen LogP contribution in [0, 0.1) is 5.92 Å². The topological polar surface area (TPSA) is 24.9 Å². The van der Waals surface area contributed by atoms with E-state index in [0.717, 1.165) is 11.1 Å². The van der Waals surface area contributed by atoms with Crippen molar-refractivity contribution in [3.8, 4) is 0 Å². The normalized spacial score (nSPS) is 14.5. The number of alkyl halides is 1. The third kappa shape index (κ3) is 2.78. The molecule has 0 amide bonds. The van der Waals surface area contributed by atoms with Gasteiger partial charge in [-0.3, -0.25) is 0 Å². The first kappa shape index (κ1) is 12.4. The van der Waals surface area contributed by atoms with Gasteiger partial charge in [-0.25, -0.2) is 4.98 Å². The summed E-state index contributed by atoms with van der Waals surface area (Å²) >= 11 is 3.52. The van der Waals surface area contributed by atoms with Crippen molar-refractivity contribution in [1.29, 1.82) is 0 Å². The summed E-state index contributed by atoms with van der Waals surface area (Å²) in [5.41, 5.74) is 0. The van der Waals surface area contributed by atoms with Gasteiger partial charge in [-0.1, -0.05) is 47.1 Å². The highest BCUT2D eigenvalue weighted by molar-refractivity contribution is 9.09. The summed E-state index contributed by atoms with van der Waals surface area (Å²) in [6.45, 7) is 4.41. The van der Waals surface area contributed by atoms with E-state index in [0.29, 0.717) is 12.0 Å². The fourth-order valence-electron chi connectivity index (χ4n) is 1.73. The van der Waals surface area contributed by atoms with Crippen LogP contribution in [0.5, 0.6) is 0 Å². The van der Waals surface area contributed by atoms with Gasteiger partial charge in [0.25, 0.3) is 0 Å². The summed E-state index contributed by atoms with van der Waals surface area (Å²) in [6.07, 6.45) is 1.86. The van der Waals surface area contributed by atoms with Crippen LogP contribution in [0.4, 0.5) is 5.82 Å². The summed E-state index contributed by atoms with van der Waals surface area (Å²) in [5.74, 6) is 1.54. The minimum Gasteiger partial charge on any atom is -0.367 e. The zero-order valence-corrected chi connectivity index (χ0v) is 11.7. The van der Waals surface area contributed by atoms with Gasteiger partial charge in [0.1, 0.15) is 5.82 Å². The molecular formula is C14H17BrN2. The predicted molar refractivity (Wildman–Crippen MR) is 77.8 cm³/mol. The summed E-state index contributed by atoms with van der Waals surface area (Å²) in [6, 6.07) is 10.8. The molecule has 2 unspecified atom stereocenters. The van der Waals surface area contributed by atoms with Gasteiger partial charge < -0.3 is 5.32 Å². The molecule has 0 fully saturated rings. The molecule has 90 valence electrons. The van der Waals surface area contributed by atoms with E-state index < -0.39 is 0 Å². The molecule has 0 aliphatic heterocycles. The van der Waals surface area contributed by atoms with Crippen molar-refractivity contribution in [2.75, 3.05) is 10.6 Å². The minimum atomic E-state index is 0.396.